The quantitative estimate of drug-likeness (QED) is 0.577. The van der Waals surface area contributed by atoms with Gasteiger partial charge in [0.15, 0.2) is 0 Å². The minimum Gasteiger partial charge on any atom is -0.362 e. The molecule has 1 aliphatic rings. The summed E-state index contributed by atoms with van der Waals surface area (Å²) in [6.45, 7) is 0.852. The molecule has 1 aliphatic heterocycles. The SMILES string of the molecule is CN1CCC/C1=N\S(=O)(=O)Cl. The number of likely N-dealkylation sites (tertiary alicyclic amines) is 1. The van der Waals surface area contributed by atoms with E-state index in [0.717, 1.165) is 13.0 Å². The molecule has 0 aliphatic carbocycles. The number of nitrogens with zero attached hydrogens (tertiary/aromatic N) is 2. The molecule has 1 saturated heterocycles. The van der Waals surface area contributed by atoms with Crippen molar-refractivity contribution in [1.82, 2.24) is 4.90 Å². The van der Waals surface area contributed by atoms with Crippen molar-refractivity contribution < 1.29 is 8.42 Å². The Kier molecular flexibility index (Phi) is 2.39. The lowest BCUT2D eigenvalue weighted by Gasteiger charge is -2.08. The van der Waals surface area contributed by atoms with Gasteiger partial charge in [0, 0.05) is 30.7 Å². The molecule has 11 heavy (non-hydrogen) atoms. The molecule has 1 heterocycles. The smallest absolute Gasteiger partial charge is 0.341 e. The first kappa shape index (κ1) is 8.80. The molecule has 0 N–H and O–H groups in total. The summed E-state index contributed by atoms with van der Waals surface area (Å²) in [7, 11) is 3.01. The van der Waals surface area contributed by atoms with Gasteiger partial charge in [-0.05, 0) is 6.42 Å². The summed E-state index contributed by atoms with van der Waals surface area (Å²) in [4.78, 5) is 1.79. The molecule has 1 rings (SSSR count). The molecule has 1 fully saturated rings. The van der Waals surface area contributed by atoms with Crippen LogP contribution in [0.1, 0.15) is 12.8 Å². The third kappa shape index (κ3) is 2.67. The Hall–Kier alpha value is -0.290. The zero-order chi connectivity index (χ0) is 8.48. The van der Waals surface area contributed by atoms with Crippen LogP contribution in [0.3, 0.4) is 0 Å². The summed E-state index contributed by atoms with van der Waals surface area (Å²) in [5.41, 5.74) is 0. The minimum atomic E-state index is -3.72. The van der Waals surface area contributed by atoms with Crippen LogP contribution in [0.2, 0.25) is 0 Å². The number of amidine groups is 1. The molecule has 0 bridgehead atoms. The van der Waals surface area contributed by atoms with E-state index < -0.39 is 9.24 Å². The highest BCUT2D eigenvalue weighted by Gasteiger charge is 2.16. The van der Waals surface area contributed by atoms with Crippen LogP contribution in [-0.2, 0) is 9.24 Å². The second-order valence-electron chi connectivity index (χ2n) is 2.44. The molecular weight excluding hydrogens is 188 g/mol. The first-order valence-corrected chi connectivity index (χ1v) is 5.50. The lowest BCUT2D eigenvalue weighted by atomic mass is 10.4. The van der Waals surface area contributed by atoms with E-state index in [1.165, 1.54) is 0 Å². The lowest BCUT2D eigenvalue weighted by molar-refractivity contribution is 0.549. The Morgan fingerprint density at radius 1 is 1.64 bits per heavy atom. The van der Waals surface area contributed by atoms with E-state index >= 15 is 0 Å². The Morgan fingerprint density at radius 2 is 2.27 bits per heavy atom. The lowest BCUT2D eigenvalue weighted by Crippen LogP contribution is -2.19. The average molecular weight is 197 g/mol. The number of halogens is 1. The molecule has 64 valence electrons. The van der Waals surface area contributed by atoms with Gasteiger partial charge in [0.25, 0.3) is 0 Å². The maximum Gasteiger partial charge on any atom is 0.341 e. The number of rotatable bonds is 1. The average Bonchev–Trinajstić information content (AvgIpc) is 2.12. The summed E-state index contributed by atoms with van der Waals surface area (Å²) >= 11 is 0. The summed E-state index contributed by atoms with van der Waals surface area (Å²) in [6, 6.07) is 0. The molecule has 0 aromatic rings. The van der Waals surface area contributed by atoms with Crippen molar-refractivity contribution >= 4 is 25.8 Å². The zero-order valence-corrected chi connectivity index (χ0v) is 7.69. The fraction of sp³-hybridized carbons (Fsp3) is 0.800. The van der Waals surface area contributed by atoms with E-state index in [9.17, 15) is 8.42 Å². The van der Waals surface area contributed by atoms with Gasteiger partial charge in [-0.3, -0.25) is 0 Å². The predicted octanol–water partition coefficient (Wildman–Crippen LogP) is 0.594. The van der Waals surface area contributed by atoms with Crippen LogP contribution in [-0.4, -0.2) is 32.7 Å². The fourth-order valence-electron chi connectivity index (χ4n) is 1.04. The van der Waals surface area contributed by atoms with Crippen molar-refractivity contribution in [3.05, 3.63) is 0 Å². The van der Waals surface area contributed by atoms with Gasteiger partial charge in [-0.15, -0.1) is 4.40 Å². The van der Waals surface area contributed by atoms with Crippen molar-refractivity contribution in [1.29, 1.82) is 0 Å². The van der Waals surface area contributed by atoms with Crippen LogP contribution >= 0.6 is 10.7 Å². The molecular formula is C5H9ClN2O2S. The fourth-order valence-corrected chi connectivity index (χ4v) is 1.76. The molecule has 0 aromatic heterocycles. The van der Waals surface area contributed by atoms with Gasteiger partial charge in [-0.25, -0.2) is 0 Å². The third-order valence-corrected chi connectivity index (χ3v) is 2.18. The van der Waals surface area contributed by atoms with E-state index in [1.807, 2.05) is 0 Å². The highest BCUT2D eigenvalue weighted by molar-refractivity contribution is 8.12. The van der Waals surface area contributed by atoms with Gasteiger partial charge in [0.1, 0.15) is 5.84 Å². The Balaban J connectivity index is 2.82. The van der Waals surface area contributed by atoms with Crippen LogP contribution < -0.4 is 0 Å². The Bertz CT molecular complexity index is 272. The Morgan fingerprint density at radius 3 is 2.64 bits per heavy atom. The topological polar surface area (TPSA) is 49.7 Å². The van der Waals surface area contributed by atoms with Crippen molar-refractivity contribution in [2.24, 2.45) is 4.40 Å². The molecule has 0 atom stereocenters. The molecule has 0 spiro atoms. The van der Waals surface area contributed by atoms with Crippen molar-refractivity contribution in [3.8, 4) is 0 Å². The molecule has 6 heteroatoms. The highest BCUT2D eigenvalue weighted by atomic mass is 35.7. The van der Waals surface area contributed by atoms with Gasteiger partial charge >= 0.3 is 9.24 Å². The normalized spacial score (nSPS) is 23.1. The summed E-state index contributed by atoms with van der Waals surface area (Å²) in [6.07, 6.45) is 1.64. The number of hydrogen-bond donors (Lipinski definition) is 0. The van der Waals surface area contributed by atoms with Gasteiger partial charge in [-0.2, -0.15) is 8.42 Å². The van der Waals surface area contributed by atoms with Crippen molar-refractivity contribution in [2.75, 3.05) is 13.6 Å². The third-order valence-electron chi connectivity index (χ3n) is 1.55. The van der Waals surface area contributed by atoms with E-state index in [2.05, 4.69) is 4.40 Å². The van der Waals surface area contributed by atoms with Gasteiger partial charge < -0.3 is 4.90 Å². The number of hydrogen-bond acceptors (Lipinski definition) is 2. The second kappa shape index (κ2) is 2.98. The second-order valence-corrected chi connectivity index (χ2v) is 4.62. The van der Waals surface area contributed by atoms with Crippen LogP contribution in [0.4, 0.5) is 0 Å². The monoisotopic (exact) mass is 196 g/mol. The zero-order valence-electron chi connectivity index (χ0n) is 6.12. The summed E-state index contributed by atoms with van der Waals surface area (Å²) in [5, 5.41) is 0. The van der Waals surface area contributed by atoms with Crippen molar-refractivity contribution in [2.45, 2.75) is 12.8 Å². The molecule has 0 radical (unpaired) electrons. The first-order valence-electron chi connectivity index (χ1n) is 3.23. The minimum absolute atomic E-state index is 0.556. The van der Waals surface area contributed by atoms with Gasteiger partial charge in [0.05, 0.1) is 0 Å². The maximum absolute atomic E-state index is 10.5. The maximum atomic E-state index is 10.5. The van der Waals surface area contributed by atoms with Crippen LogP contribution in [0.5, 0.6) is 0 Å². The van der Waals surface area contributed by atoms with E-state index in [-0.39, 0.29) is 0 Å². The molecule has 4 nitrogen and oxygen atoms in total. The molecule has 0 amide bonds. The van der Waals surface area contributed by atoms with E-state index in [4.69, 9.17) is 10.7 Å². The van der Waals surface area contributed by atoms with E-state index in [0.29, 0.717) is 12.3 Å². The van der Waals surface area contributed by atoms with Crippen molar-refractivity contribution in [3.63, 3.8) is 0 Å². The summed E-state index contributed by atoms with van der Waals surface area (Å²) < 4.78 is 24.3. The summed E-state index contributed by atoms with van der Waals surface area (Å²) in [5.74, 6) is 0.556. The van der Waals surface area contributed by atoms with Crippen LogP contribution in [0, 0.1) is 0 Å². The predicted molar refractivity (Wildman–Crippen MR) is 44.1 cm³/mol. The van der Waals surface area contributed by atoms with E-state index in [1.54, 1.807) is 11.9 Å². The van der Waals surface area contributed by atoms with Gasteiger partial charge in [0.2, 0.25) is 0 Å². The highest BCUT2D eigenvalue weighted by Crippen LogP contribution is 2.11. The van der Waals surface area contributed by atoms with Crippen LogP contribution in [0.15, 0.2) is 4.40 Å². The molecule has 0 unspecified atom stereocenters. The standard InChI is InChI=1S/C5H9ClN2O2S/c1-8-4-2-3-5(8)7-11(6,9)10/h2-4H2,1H3/b7-5+. The van der Waals surface area contributed by atoms with Crippen LogP contribution in [0.25, 0.3) is 0 Å². The largest absolute Gasteiger partial charge is 0.362 e. The Labute approximate surface area is 70.4 Å². The molecule has 0 saturated carbocycles. The first-order chi connectivity index (χ1) is 4.99. The van der Waals surface area contributed by atoms with Gasteiger partial charge in [-0.1, -0.05) is 0 Å². The molecule has 0 aromatic carbocycles.